The molecule has 0 saturated carbocycles. The van der Waals surface area contributed by atoms with Gasteiger partial charge in [0.2, 0.25) is 0 Å². The number of unbranched alkanes of at least 4 members (excludes halogenated alkanes) is 2. The van der Waals surface area contributed by atoms with Crippen molar-refractivity contribution in [3.8, 4) is 0 Å². The summed E-state index contributed by atoms with van der Waals surface area (Å²) in [6.45, 7) is 4.46. The largest absolute Gasteiger partial charge is 0.157 e. The van der Waals surface area contributed by atoms with Crippen molar-refractivity contribution < 1.29 is 0 Å². The van der Waals surface area contributed by atoms with Crippen molar-refractivity contribution in [1.82, 2.24) is 0 Å². The van der Waals surface area contributed by atoms with Crippen LogP contribution in [0, 0.1) is 5.75 Å². The number of thioether (sulfide) groups is 1. The highest BCUT2D eigenvalue weighted by molar-refractivity contribution is 8.01. The highest BCUT2D eigenvalue weighted by Gasteiger charge is 1.86. The van der Waals surface area contributed by atoms with Crippen LogP contribution in [0.4, 0.5) is 0 Å². The molecular formula is C8H17S. The van der Waals surface area contributed by atoms with Gasteiger partial charge in [-0.25, -0.2) is 0 Å². The lowest BCUT2D eigenvalue weighted by molar-refractivity contribution is 0.806. The fourth-order valence-electron chi connectivity index (χ4n) is 0.572. The van der Waals surface area contributed by atoms with Crippen LogP contribution in [0.25, 0.3) is 0 Å². The molecule has 0 aromatic heterocycles. The van der Waals surface area contributed by atoms with Gasteiger partial charge in [-0.3, -0.25) is 0 Å². The van der Waals surface area contributed by atoms with Crippen LogP contribution in [0.3, 0.4) is 0 Å². The van der Waals surface area contributed by atoms with Crippen LogP contribution in [-0.4, -0.2) is 5.75 Å². The van der Waals surface area contributed by atoms with Crippen LogP contribution in [-0.2, 0) is 0 Å². The van der Waals surface area contributed by atoms with Crippen molar-refractivity contribution in [1.29, 1.82) is 0 Å². The third-order valence-electron chi connectivity index (χ3n) is 1.12. The molecular weight excluding hydrogens is 128 g/mol. The van der Waals surface area contributed by atoms with E-state index in [4.69, 9.17) is 0 Å². The Labute approximate surface area is 63.4 Å². The maximum Gasteiger partial charge on any atom is 0.0166 e. The average Bonchev–Trinajstić information content (AvgIpc) is 1.89. The zero-order valence-electron chi connectivity index (χ0n) is 6.52. The molecule has 0 aromatic rings. The zero-order chi connectivity index (χ0) is 6.95. The van der Waals surface area contributed by atoms with Gasteiger partial charge in [-0.15, -0.1) is 0 Å². The van der Waals surface area contributed by atoms with Gasteiger partial charge in [0.15, 0.2) is 0 Å². The molecule has 0 saturated heterocycles. The number of hydrogen-bond donors (Lipinski definition) is 0. The topological polar surface area (TPSA) is 0 Å². The van der Waals surface area contributed by atoms with Gasteiger partial charge >= 0.3 is 0 Å². The highest BCUT2D eigenvalue weighted by Crippen LogP contribution is 2.11. The molecule has 9 heavy (non-hydrogen) atoms. The molecule has 0 nitrogen and oxygen atoms in total. The van der Waals surface area contributed by atoms with Gasteiger partial charge in [0, 0.05) is 5.75 Å². The molecule has 0 atom stereocenters. The summed E-state index contributed by atoms with van der Waals surface area (Å²) >= 11 is 1.97. The minimum atomic E-state index is 1.29. The summed E-state index contributed by atoms with van der Waals surface area (Å²) in [6, 6.07) is 0. The van der Waals surface area contributed by atoms with Gasteiger partial charge in [-0.1, -0.05) is 26.7 Å². The van der Waals surface area contributed by atoms with E-state index in [-0.39, 0.29) is 0 Å². The Bertz CT molecular complexity index is 37.8. The minimum Gasteiger partial charge on any atom is -0.157 e. The predicted octanol–water partition coefficient (Wildman–Crippen LogP) is 3.48. The second-order valence-electron chi connectivity index (χ2n) is 2.18. The minimum absolute atomic E-state index is 1.29. The predicted molar refractivity (Wildman–Crippen MR) is 46.6 cm³/mol. The summed E-state index contributed by atoms with van der Waals surface area (Å²) in [7, 11) is 0. The molecule has 0 aliphatic rings. The van der Waals surface area contributed by atoms with Gasteiger partial charge in [-0.2, -0.15) is 11.8 Å². The lowest BCUT2D eigenvalue weighted by Gasteiger charge is -1.95. The van der Waals surface area contributed by atoms with Crippen LogP contribution < -0.4 is 0 Å². The monoisotopic (exact) mass is 145 g/mol. The molecule has 0 unspecified atom stereocenters. The van der Waals surface area contributed by atoms with Crippen molar-refractivity contribution in [3.05, 3.63) is 5.75 Å². The Hall–Kier alpha value is 0.350. The van der Waals surface area contributed by atoms with E-state index in [9.17, 15) is 0 Å². The second kappa shape index (κ2) is 8.35. The summed E-state index contributed by atoms with van der Waals surface area (Å²) in [5.74, 6) is 3.64. The van der Waals surface area contributed by atoms with E-state index in [0.29, 0.717) is 0 Å². The third kappa shape index (κ3) is 8.35. The molecule has 0 heterocycles. The molecule has 0 fully saturated rings. The Morgan fingerprint density at radius 2 is 2.00 bits per heavy atom. The number of hydrogen-bond acceptors (Lipinski definition) is 1. The van der Waals surface area contributed by atoms with Gasteiger partial charge in [0.05, 0.1) is 0 Å². The van der Waals surface area contributed by atoms with E-state index < -0.39 is 0 Å². The molecule has 0 aromatic carbocycles. The van der Waals surface area contributed by atoms with Crippen LogP contribution in [0.2, 0.25) is 0 Å². The van der Waals surface area contributed by atoms with Gasteiger partial charge in [0.1, 0.15) is 0 Å². The van der Waals surface area contributed by atoms with E-state index in [1.54, 1.807) is 0 Å². The first kappa shape index (κ1) is 9.35. The smallest absolute Gasteiger partial charge is 0.0166 e. The molecule has 1 heteroatoms. The van der Waals surface area contributed by atoms with Crippen LogP contribution in [0.1, 0.15) is 39.5 Å². The second-order valence-corrected chi connectivity index (χ2v) is 3.25. The van der Waals surface area contributed by atoms with Crippen LogP contribution in [0.15, 0.2) is 0 Å². The molecule has 0 spiro atoms. The summed E-state index contributed by atoms with van der Waals surface area (Å²) in [4.78, 5) is 0. The summed E-state index contributed by atoms with van der Waals surface area (Å²) in [6.07, 6.45) is 5.27. The molecule has 55 valence electrons. The van der Waals surface area contributed by atoms with E-state index >= 15 is 0 Å². The highest BCUT2D eigenvalue weighted by atomic mass is 32.2. The normalized spacial score (nSPS) is 10.0. The standard InChI is InChI=1S/C8H17S/c1-3-5-6-8-9-7-4-2/h8H,3-7H2,1-2H3. The number of rotatable bonds is 6. The van der Waals surface area contributed by atoms with E-state index in [2.05, 4.69) is 19.6 Å². The molecule has 0 rings (SSSR count). The van der Waals surface area contributed by atoms with Crippen molar-refractivity contribution in [2.45, 2.75) is 39.5 Å². The van der Waals surface area contributed by atoms with Crippen molar-refractivity contribution >= 4 is 11.8 Å². The Morgan fingerprint density at radius 3 is 2.56 bits per heavy atom. The molecule has 0 amide bonds. The van der Waals surface area contributed by atoms with Gasteiger partial charge in [0.25, 0.3) is 0 Å². The molecule has 0 aliphatic heterocycles. The first-order valence-electron chi connectivity index (χ1n) is 3.85. The Kier molecular flexibility index (Phi) is 8.67. The molecule has 0 N–H and O–H groups in total. The Morgan fingerprint density at radius 1 is 1.22 bits per heavy atom. The van der Waals surface area contributed by atoms with Gasteiger partial charge in [-0.05, 0) is 18.6 Å². The lowest BCUT2D eigenvalue weighted by Crippen LogP contribution is -1.75. The first-order valence-corrected chi connectivity index (χ1v) is 4.90. The Balaban J connectivity index is 2.60. The summed E-state index contributed by atoms with van der Waals surface area (Å²) in [5, 5.41) is 0. The van der Waals surface area contributed by atoms with E-state index in [0.717, 1.165) is 0 Å². The van der Waals surface area contributed by atoms with Crippen LogP contribution >= 0.6 is 11.8 Å². The molecule has 1 radical (unpaired) electrons. The average molecular weight is 145 g/mol. The van der Waals surface area contributed by atoms with Gasteiger partial charge < -0.3 is 0 Å². The fraction of sp³-hybridized carbons (Fsp3) is 0.875. The fourth-order valence-corrected chi connectivity index (χ4v) is 1.31. The lowest BCUT2D eigenvalue weighted by atomic mass is 10.3. The maximum absolute atomic E-state index is 2.34. The maximum atomic E-state index is 2.34. The summed E-state index contributed by atoms with van der Waals surface area (Å²) in [5.41, 5.74) is 0. The van der Waals surface area contributed by atoms with Crippen molar-refractivity contribution in [2.75, 3.05) is 5.75 Å². The third-order valence-corrected chi connectivity index (χ3v) is 2.23. The summed E-state index contributed by atoms with van der Waals surface area (Å²) < 4.78 is 0. The zero-order valence-corrected chi connectivity index (χ0v) is 7.34. The molecule has 0 aliphatic carbocycles. The quantitative estimate of drug-likeness (QED) is 0.516. The van der Waals surface area contributed by atoms with Crippen LogP contribution in [0.5, 0.6) is 0 Å². The van der Waals surface area contributed by atoms with E-state index in [1.807, 2.05) is 11.8 Å². The van der Waals surface area contributed by atoms with Crippen molar-refractivity contribution in [2.24, 2.45) is 0 Å². The molecule has 0 bridgehead atoms. The van der Waals surface area contributed by atoms with Crippen molar-refractivity contribution in [3.63, 3.8) is 0 Å². The SMILES string of the molecule is CCCC[CH]SCCC. The first-order chi connectivity index (χ1) is 4.41. The van der Waals surface area contributed by atoms with E-state index in [1.165, 1.54) is 31.4 Å².